The van der Waals surface area contributed by atoms with Gasteiger partial charge in [-0.05, 0) is 24.3 Å². The number of anilines is 2. The van der Waals surface area contributed by atoms with Crippen molar-refractivity contribution in [2.24, 2.45) is 5.10 Å². The molecule has 0 fully saturated rings. The molecule has 0 spiro atoms. The number of non-ortho nitro benzene ring substituents is 1. The number of hydrogen-bond acceptors (Lipinski definition) is 9. The quantitative estimate of drug-likeness (QED) is 0.214. The summed E-state index contributed by atoms with van der Waals surface area (Å²) in [5.74, 6) is -0.711. The Morgan fingerprint density at radius 3 is 2.32 bits per heavy atom. The zero-order chi connectivity index (χ0) is 25.0. The number of rotatable bonds is 8. The highest BCUT2D eigenvalue weighted by atomic mass is 35.5. The van der Waals surface area contributed by atoms with Gasteiger partial charge in [0.2, 0.25) is 5.75 Å². The number of aromatic hydroxyl groups is 1. The van der Waals surface area contributed by atoms with Crippen molar-refractivity contribution in [2.45, 2.75) is 4.90 Å². The standard InChI is InChI=1S/C19H13Cl2N5O7S/c20-12-7-11(19(27)17(8-12)26(30)31)10-22-23-16-6-5-13(25(28)29)9-18(16)34(32,33)24-15-4-2-1-3-14(15)21/h1-10,23-24,27H. The number of benzene rings is 3. The van der Waals surface area contributed by atoms with Crippen molar-refractivity contribution in [1.82, 2.24) is 0 Å². The van der Waals surface area contributed by atoms with E-state index in [2.05, 4.69) is 15.2 Å². The average molecular weight is 526 g/mol. The second-order valence-electron chi connectivity index (χ2n) is 6.51. The van der Waals surface area contributed by atoms with Crippen LogP contribution in [0.15, 0.2) is 64.6 Å². The summed E-state index contributed by atoms with van der Waals surface area (Å²) in [5.41, 5.74) is 0.983. The van der Waals surface area contributed by atoms with Crippen LogP contribution in [0.2, 0.25) is 10.0 Å². The molecule has 0 bridgehead atoms. The molecule has 3 aromatic carbocycles. The lowest BCUT2D eigenvalue weighted by atomic mass is 10.2. The van der Waals surface area contributed by atoms with Gasteiger partial charge in [0.05, 0.1) is 32.5 Å². The maximum atomic E-state index is 13.0. The van der Waals surface area contributed by atoms with Crippen molar-refractivity contribution in [1.29, 1.82) is 0 Å². The first-order valence-electron chi connectivity index (χ1n) is 9.01. The Morgan fingerprint density at radius 1 is 0.971 bits per heavy atom. The van der Waals surface area contributed by atoms with Crippen LogP contribution in [-0.2, 0) is 10.0 Å². The van der Waals surface area contributed by atoms with Gasteiger partial charge in [-0.25, -0.2) is 8.42 Å². The highest BCUT2D eigenvalue weighted by molar-refractivity contribution is 7.93. The first kappa shape index (κ1) is 24.7. The molecule has 12 nitrogen and oxygen atoms in total. The van der Waals surface area contributed by atoms with E-state index in [1.165, 1.54) is 24.3 Å². The van der Waals surface area contributed by atoms with Gasteiger partial charge in [-0.3, -0.25) is 30.4 Å². The van der Waals surface area contributed by atoms with Gasteiger partial charge in [0, 0.05) is 28.8 Å². The van der Waals surface area contributed by atoms with E-state index < -0.39 is 41.9 Å². The van der Waals surface area contributed by atoms with Crippen LogP contribution in [0.5, 0.6) is 5.75 Å². The first-order valence-corrected chi connectivity index (χ1v) is 11.3. The van der Waals surface area contributed by atoms with E-state index in [4.69, 9.17) is 23.2 Å². The first-order chi connectivity index (χ1) is 16.0. The lowest BCUT2D eigenvalue weighted by Crippen LogP contribution is -2.15. The molecule has 0 radical (unpaired) electrons. The number of phenols is 1. The topological polar surface area (TPSA) is 177 Å². The Bertz CT molecular complexity index is 1430. The molecule has 0 aliphatic rings. The van der Waals surface area contributed by atoms with E-state index in [-0.39, 0.29) is 27.0 Å². The van der Waals surface area contributed by atoms with Crippen molar-refractivity contribution in [3.8, 4) is 5.75 Å². The second-order valence-corrected chi connectivity index (χ2v) is 9.01. The summed E-state index contributed by atoms with van der Waals surface area (Å²) < 4.78 is 28.2. The molecule has 3 aromatic rings. The van der Waals surface area contributed by atoms with Gasteiger partial charge >= 0.3 is 5.69 Å². The van der Waals surface area contributed by atoms with E-state index >= 15 is 0 Å². The molecular formula is C19H13Cl2N5O7S. The lowest BCUT2D eigenvalue weighted by molar-refractivity contribution is -0.385. The largest absolute Gasteiger partial charge is 0.502 e. The van der Waals surface area contributed by atoms with Crippen LogP contribution in [-0.4, -0.2) is 29.6 Å². The fourth-order valence-corrected chi connectivity index (χ4v) is 4.41. The van der Waals surface area contributed by atoms with Gasteiger partial charge in [-0.15, -0.1) is 0 Å². The van der Waals surface area contributed by atoms with Crippen molar-refractivity contribution < 1.29 is 23.4 Å². The Morgan fingerprint density at radius 2 is 1.68 bits per heavy atom. The molecular weight excluding hydrogens is 513 g/mol. The minimum absolute atomic E-state index is 0.0429. The Hall–Kier alpha value is -3.94. The van der Waals surface area contributed by atoms with Gasteiger partial charge in [-0.1, -0.05) is 35.3 Å². The number of nitrogens with one attached hydrogen (secondary N) is 2. The van der Waals surface area contributed by atoms with E-state index in [9.17, 15) is 33.8 Å². The van der Waals surface area contributed by atoms with Crippen molar-refractivity contribution >= 4 is 62.2 Å². The van der Waals surface area contributed by atoms with Crippen LogP contribution in [0.1, 0.15) is 5.56 Å². The fraction of sp³-hybridized carbons (Fsp3) is 0. The molecule has 0 aromatic heterocycles. The third-order valence-electron chi connectivity index (χ3n) is 4.25. The molecule has 0 saturated carbocycles. The summed E-state index contributed by atoms with van der Waals surface area (Å²) in [4.78, 5) is 20.1. The highest BCUT2D eigenvalue weighted by Crippen LogP contribution is 2.33. The van der Waals surface area contributed by atoms with Gasteiger partial charge in [0.25, 0.3) is 15.7 Å². The summed E-state index contributed by atoms with van der Waals surface area (Å²) in [7, 11) is -4.39. The molecule has 15 heteroatoms. The van der Waals surface area contributed by atoms with E-state index in [0.717, 1.165) is 30.5 Å². The van der Waals surface area contributed by atoms with E-state index in [1.807, 2.05) is 0 Å². The predicted molar refractivity (Wildman–Crippen MR) is 126 cm³/mol. The number of hydrogen-bond donors (Lipinski definition) is 3. The summed E-state index contributed by atoms with van der Waals surface area (Å²) in [5, 5.41) is 36.1. The monoisotopic (exact) mass is 525 g/mol. The van der Waals surface area contributed by atoms with Crippen molar-refractivity contribution in [3.05, 3.63) is 90.4 Å². The van der Waals surface area contributed by atoms with Gasteiger partial charge in [0.1, 0.15) is 4.90 Å². The van der Waals surface area contributed by atoms with Crippen molar-refractivity contribution in [2.75, 3.05) is 10.1 Å². The summed E-state index contributed by atoms with van der Waals surface area (Å²) in [6.45, 7) is 0. The van der Waals surface area contributed by atoms with Crippen LogP contribution in [0, 0.1) is 20.2 Å². The van der Waals surface area contributed by atoms with Crippen LogP contribution < -0.4 is 10.1 Å². The van der Waals surface area contributed by atoms with Crippen LogP contribution >= 0.6 is 23.2 Å². The van der Waals surface area contributed by atoms with E-state index in [1.54, 1.807) is 6.07 Å². The Balaban J connectivity index is 1.99. The van der Waals surface area contributed by atoms with Gasteiger partial charge in [-0.2, -0.15) is 5.10 Å². The number of nitro groups is 2. The minimum atomic E-state index is -4.39. The molecule has 0 aliphatic heterocycles. The number of nitro benzene ring substituents is 2. The number of para-hydroxylation sites is 1. The number of phenolic OH excluding ortho intramolecular Hbond substituents is 1. The highest BCUT2D eigenvalue weighted by Gasteiger charge is 2.24. The maximum absolute atomic E-state index is 13.0. The second kappa shape index (κ2) is 9.91. The van der Waals surface area contributed by atoms with E-state index in [0.29, 0.717) is 0 Å². The zero-order valence-electron chi connectivity index (χ0n) is 16.7. The molecule has 3 N–H and O–H groups in total. The average Bonchev–Trinajstić information content (AvgIpc) is 2.77. The third kappa shape index (κ3) is 5.51. The molecule has 34 heavy (non-hydrogen) atoms. The van der Waals surface area contributed by atoms with Crippen molar-refractivity contribution in [3.63, 3.8) is 0 Å². The van der Waals surface area contributed by atoms with Crippen LogP contribution in [0.4, 0.5) is 22.7 Å². The molecule has 0 aliphatic carbocycles. The Kier molecular flexibility index (Phi) is 7.20. The molecule has 0 saturated heterocycles. The number of hydrazone groups is 1. The van der Waals surface area contributed by atoms with Gasteiger partial charge in [0.15, 0.2) is 0 Å². The predicted octanol–water partition coefficient (Wildman–Crippen LogP) is 4.76. The summed E-state index contributed by atoms with van der Waals surface area (Å²) >= 11 is 11.8. The zero-order valence-corrected chi connectivity index (χ0v) is 19.0. The third-order valence-corrected chi connectivity index (χ3v) is 6.21. The maximum Gasteiger partial charge on any atom is 0.312 e. The SMILES string of the molecule is O=[N+]([O-])c1ccc(NN=Cc2cc(Cl)cc([N+](=O)[O-])c2O)c(S(=O)(=O)Nc2ccccc2Cl)c1. The van der Waals surface area contributed by atoms with Gasteiger partial charge < -0.3 is 5.11 Å². The number of halogens is 2. The summed E-state index contributed by atoms with van der Waals surface area (Å²) in [6, 6.07) is 11.1. The fourth-order valence-electron chi connectivity index (χ4n) is 2.70. The van der Waals surface area contributed by atoms with Crippen LogP contribution in [0.3, 0.4) is 0 Å². The molecule has 0 heterocycles. The lowest BCUT2D eigenvalue weighted by Gasteiger charge is -2.13. The number of sulfonamides is 1. The summed E-state index contributed by atoms with van der Waals surface area (Å²) in [6.07, 6.45) is 0.966. The minimum Gasteiger partial charge on any atom is -0.502 e. The smallest absolute Gasteiger partial charge is 0.312 e. The normalized spacial score (nSPS) is 11.4. The molecule has 3 rings (SSSR count). The molecule has 0 atom stereocenters. The molecule has 0 unspecified atom stereocenters. The Labute approximate surface area is 201 Å². The molecule has 176 valence electrons. The number of nitrogens with zero attached hydrogens (tertiary/aromatic N) is 3. The molecule has 0 amide bonds. The van der Waals surface area contributed by atoms with Crippen LogP contribution in [0.25, 0.3) is 0 Å².